The minimum absolute atomic E-state index is 0.0642. The fourth-order valence-corrected chi connectivity index (χ4v) is 5.70. The summed E-state index contributed by atoms with van der Waals surface area (Å²) in [6.45, 7) is -1.49. The summed E-state index contributed by atoms with van der Waals surface area (Å²) in [4.78, 5) is 0. The van der Waals surface area contributed by atoms with E-state index in [9.17, 15) is 40.9 Å². The normalized spacial score (nSPS) is 53.8. The summed E-state index contributed by atoms with van der Waals surface area (Å²) in [5.41, 5.74) is 29.9. The van der Waals surface area contributed by atoms with Crippen LogP contribution < -0.4 is 28.7 Å². The van der Waals surface area contributed by atoms with E-state index in [4.69, 9.17) is 57.1 Å². The van der Waals surface area contributed by atoms with Gasteiger partial charge in [0.2, 0.25) is 0 Å². The van der Waals surface area contributed by atoms with E-state index >= 15 is 0 Å². The van der Waals surface area contributed by atoms with Crippen molar-refractivity contribution in [3.05, 3.63) is 0 Å². The monoisotopic (exact) mass is 615 g/mol. The predicted molar refractivity (Wildman–Crippen MR) is 136 cm³/mol. The molecular weight excluding hydrogens is 570 g/mol. The van der Waals surface area contributed by atoms with E-state index < -0.39 is 129 Å². The molecule has 19 nitrogen and oxygen atoms in total. The maximum absolute atomic E-state index is 11.1. The van der Waals surface area contributed by atoms with Gasteiger partial charge in [-0.1, -0.05) is 0 Å². The second-order valence-electron chi connectivity index (χ2n) is 11.2. The third-order valence-corrected chi connectivity index (χ3v) is 8.32. The van der Waals surface area contributed by atoms with E-state index in [2.05, 4.69) is 0 Å². The van der Waals surface area contributed by atoms with Crippen LogP contribution in [-0.4, -0.2) is 177 Å². The van der Waals surface area contributed by atoms with Crippen molar-refractivity contribution in [2.75, 3.05) is 19.8 Å². The van der Waals surface area contributed by atoms with Crippen LogP contribution in [0.5, 0.6) is 0 Å². The average Bonchev–Trinajstić information content (AvgIpc) is 3.27. The van der Waals surface area contributed by atoms with Crippen molar-refractivity contribution < 1.29 is 69.3 Å². The number of aliphatic hydroxyl groups excluding tert-OH is 8. The lowest BCUT2D eigenvalue weighted by Crippen LogP contribution is -2.68. The van der Waals surface area contributed by atoms with Gasteiger partial charge in [-0.15, -0.1) is 0 Å². The van der Waals surface area contributed by atoms with Gasteiger partial charge in [0, 0.05) is 18.6 Å². The Labute approximate surface area is 240 Å². The number of hydrogen-bond acceptors (Lipinski definition) is 19. The Morgan fingerprint density at radius 3 is 1.55 bits per heavy atom. The molecule has 1 saturated carbocycles. The van der Waals surface area contributed by atoms with Crippen LogP contribution in [0.1, 0.15) is 6.42 Å². The molecule has 3 heterocycles. The summed E-state index contributed by atoms with van der Waals surface area (Å²) < 4.78 is 34.4. The summed E-state index contributed by atoms with van der Waals surface area (Å²) in [6.07, 6.45) is -20.5. The first-order valence-electron chi connectivity index (χ1n) is 13.8. The largest absolute Gasteiger partial charge is 0.394 e. The standard InChI is InChI=1S/C23H45N5O14/c24-2-7-13(32)15(34)10(27)21(37-7)41-19-9(4-30)39-23(17(19)36)42-20-12(31)5(25)1-6(26)18(20)40-22-11(28)16(35)14(33)8(3-29)38-22/h5-23,29-36H,1-4,24-28H2/t5-,6-,7+,8+,9+,10-,11-,12-,13-,14-,15+,16+,17-,18-,19-,20+,21-,22-,23-/m1/s1. The molecule has 0 aromatic carbocycles. The highest BCUT2D eigenvalue weighted by molar-refractivity contribution is 5.02. The molecular formula is C23H45N5O14. The second kappa shape index (κ2) is 14.1. The van der Waals surface area contributed by atoms with Crippen LogP contribution in [0.15, 0.2) is 0 Å². The molecule has 4 aliphatic rings. The van der Waals surface area contributed by atoms with Crippen LogP contribution in [-0.2, 0) is 28.4 Å². The quantitative estimate of drug-likeness (QED) is 0.114. The third-order valence-electron chi connectivity index (χ3n) is 8.32. The molecule has 0 aromatic heterocycles. The molecule has 19 atom stereocenters. The zero-order valence-electron chi connectivity index (χ0n) is 22.7. The molecule has 0 spiro atoms. The smallest absolute Gasteiger partial charge is 0.187 e. The van der Waals surface area contributed by atoms with Crippen LogP contribution in [0.25, 0.3) is 0 Å². The van der Waals surface area contributed by atoms with Crippen molar-refractivity contribution in [1.29, 1.82) is 0 Å². The minimum Gasteiger partial charge on any atom is -0.394 e. The van der Waals surface area contributed by atoms with Gasteiger partial charge in [-0.3, -0.25) is 0 Å². The molecule has 19 heteroatoms. The van der Waals surface area contributed by atoms with Gasteiger partial charge in [0.1, 0.15) is 67.1 Å². The fraction of sp³-hybridized carbons (Fsp3) is 1.00. The molecule has 1 aliphatic carbocycles. The highest BCUT2D eigenvalue weighted by Crippen LogP contribution is 2.34. The number of ether oxygens (including phenoxy) is 6. The zero-order valence-corrected chi connectivity index (χ0v) is 22.7. The average molecular weight is 616 g/mol. The molecule has 3 aliphatic heterocycles. The van der Waals surface area contributed by atoms with E-state index in [0.29, 0.717) is 0 Å². The Balaban J connectivity index is 1.50. The molecule has 4 fully saturated rings. The van der Waals surface area contributed by atoms with E-state index in [1.807, 2.05) is 0 Å². The predicted octanol–water partition coefficient (Wildman–Crippen LogP) is -8.86. The Hall–Kier alpha value is -0.760. The summed E-state index contributed by atoms with van der Waals surface area (Å²) in [5.74, 6) is 0. The summed E-state index contributed by atoms with van der Waals surface area (Å²) >= 11 is 0. The lowest BCUT2D eigenvalue weighted by Gasteiger charge is -2.47. The zero-order chi connectivity index (χ0) is 31.0. The van der Waals surface area contributed by atoms with E-state index in [-0.39, 0.29) is 13.0 Å². The molecule has 42 heavy (non-hydrogen) atoms. The highest BCUT2D eigenvalue weighted by atomic mass is 16.8. The lowest BCUT2D eigenvalue weighted by molar-refractivity contribution is -0.310. The van der Waals surface area contributed by atoms with E-state index in [1.165, 1.54) is 0 Å². The first-order chi connectivity index (χ1) is 19.8. The first-order valence-corrected chi connectivity index (χ1v) is 13.8. The Kier molecular flexibility index (Phi) is 11.5. The Morgan fingerprint density at radius 2 is 1.00 bits per heavy atom. The van der Waals surface area contributed by atoms with Crippen LogP contribution in [0, 0.1) is 0 Å². The molecule has 0 bridgehead atoms. The fourth-order valence-electron chi connectivity index (χ4n) is 5.70. The number of aliphatic hydroxyl groups is 8. The Morgan fingerprint density at radius 1 is 0.524 bits per heavy atom. The van der Waals surface area contributed by atoms with Gasteiger partial charge in [-0.05, 0) is 6.42 Å². The van der Waals surface area contributed by atoms with Crippen molar-refractivity contribution in [1.82, 2.24) is 0 Å². The summed E-state index contributed by atoms with van der Waals surface area (Å²) in [5, 5.41) is 82.3. The molecule has 3 saturated heterocycles. The van der Waals surface area contributed by atoms with Crippen molar-refractivity contribution in [2.45, 2.75) is 123 Å². The van der Waals surface area contributed by atoms with E-state index in [0.717, 1.165) is 0 Å². The topological polar surface area (TPSA) is 347 Å². The van der Waals surface area contributed by atoms with Crippen molar-refractivity contribution in [3.63, 3.8) is 0 Å². The van der Waals surface area contributed by atoms with Gasteiger partial charge < -0.3 is 97.9 Å². The summed E-state index contributed by atoms with van der Waals surface area (Å²) in [7, 11) is 0. The molecule has 0 unspecified atom stereocenters. The van der Waals surface area contributed by atoms with E-state index in [1.54, 1.807) is 0 Å². The maximum Gasteiger partial charge on any atom is 0.187 e. The van der Waals surface area contributed by atoms with Crippen LogP contribution >= 0.6 is 0 Å². The van der Waals surface area contributed by atoms with Crippen molar-refractivity contribution >= 4 is 0 Å². The number of hydrogen-bond donors (Lipinski definition) is 13. The number of nitrogens with two attached hydrogens (primary N) is 5. The van der Waals surface area contributed by atoms with Gasteiger partial charge in [0.25, 0.3) is 0 Å². The molecule has 246 valence electrons. The first kappa shape index (κ1) is 34.1. The van der Waals surface area contributed by atoms with Crippen molar-refractivity contribution in [3.8, 4) is 0 Å². The SMILES string of the molecule is NC[C@@H]1O[C@H](O[C@H]2[C@@H](O)[C@@H](O[C@H]3[C@H](O)[C@H](N)C[C@@H](N)[C@H]3O[C@H]3O[C@@H](CO)[C@@H](O)[C@@H](O)[C@H]3N)O[C@H]2CO)[C@H](N)[C@H](O)[C@@H]1O. The number of rotatable bonds is 9. The molecule has 0 aromatic rings. The Bertz CT molecular complexity index is 866. The van der Waals surface area contributed by atoms with Gasteiger partial charge in [-0.2, -0.15) is 0 Å². The van der Waals surface area contributed by atoms with Gasteiger partial charge in [-0.25, -0.2) is 0 Å². The van der Waals surface area contributed by atoms with Gasteiger partial charge in [0.15, 0.2) is 18.9 Å². The molecule has 0 radical (unpaired) electrons. The van der Waals surface area contributed by atoms with Crippen LogP contribution in [0.2, 0.25) is 0 Å². The molecule has 0 amide bonds. The van der Waals surface area contributed by atoms with Gasteiger partial charge >= 0.3 is 0 Å². The third kappa shape index (κ3) is 6.60. The maximum atomic E-state index is 11.1. The summed E-state index contributed by atoms with van der Waals surface area (Å²) in [6, 6.07) is -4.30. The molecule has 18 N–H and O–H groups in total. The van der Waals surface area contributed by atoms with Crippen LogP contribution in [0.3, 0.4) is 0 Å². The second-order valence-corrected chi connectivity index (χ2v) is 11.2. The lowest BCUT2D eigenvalue weighted by atomic mass is 9.84. The van der Waals surface area contributed by atoms with Gasteiger partial charge in [0.05, 0.1) is 31.4 Å². The van der Waals surface area contributed by atoms with Crippen molar-refractivity contribution in [2.24, 2.45) is 28.7 Å². The minimum atomic E-state index is -1.62. The van der Waals surface area contributed by atoms with Crippen LogP contribution in [0.4, 0.5) is 0 Å². The highest BCUT2D eigenvalue weighted by Gasteiger charge is 2.54. The molecule has 4 rings (SSSR count).